The van der Waals surface area contributed by atoms with Gasteiger partial charge in [-0.3, -0.25) is 9.59 Å². The molecule has 1 N–H and O–H groups in total. The Morgan fingerprint density at radius 3 is 2.87 bits per heavy atom. The Bertz CT molecular complexity index is 546. The van der Waals surface area contributed by atoms with Crippen molar-refractivity contribution in [1.82, 2.24) is 15.1 Å². The van der Waals surface area contributed by atoms with Crippen LogP contribution < -0.4 is 5.32 Å². The van der Waals surface area contributed by atoms with Gasteiger partial charge in [0.15, 0.2) is 0 Å². The molecule has 2 atom stereocenters. The zero-order valence-corrected chi connectivity index (χ0v) is 15.0. The molecule has 2 amide bonds. The normalized spacial score (nSPS) is 19.2. The van der Waals surface area contributed by atoms with Gasteiger partial charge >= 0.3 is 0 Å². The second kappa shape index (κ2) is 8.38. The van der Waals surface area contributed by atoms with E-state index in [0.717, 1.165) is 37.2 Å². The standard InChI is InChI=1S/C16H26N4O2S/c1-4-6-8-20-10-12(9-13(20)21)14(22)17-16-19-18-15(23-16)11(3)7-5-2/h11-12H,4-10H2,1-3H3,(H,17,19,22)/t11-,12+/m1/s1. The van der Waals surface area contributed by atoms with Gasteiger partial charge in [0.2, 0.25) is 16.9 Å². The van der Waals surface area contributed by atoms with E-state index in [1.807, 2.05) is 0 Å². The molecule has 1 aliphatic rings. The second-order valence-electron chi connectivity index (χ2n) is 6.22. The van der Waals surface area contributed by atoms with Gasteiger partial charge in [-0.2, -0.15) is 0 Å². The van der Waals surface area contributed by atoms with Gasteiger partial charge in [0.05, 0.1) is 5.92 Å². The molecule has 6 nitrogen and oxygen atoms in total. The van der Waals surface area contributed by atoms with Gasteiger partial charge in [0, 0.05) is 25.4 Å². The molecule has 23 heavy (non-hydrogen) atoms. The third-order valence-corrected chi connectivity index (χ3v) is 5.25. The molecule has 1 aromatic heterocycles. The van der Waals surface area contributed by atoms with Crippen molar-refractivity contribution >= 4 is 28.3 Å². The molecule has 7 heteroatoms. The first-order chi connectivity index (χ1) is 11.0. The number of hydrogen-bond donors (Lipinski definition) is 1. The maximum absolute atomic E-state index is 12.3. The van der Waals surface area contributed by atoms with Gasteiger partial charge in [-0.1, -0.05) is 44.9 Å². The topological polar surface area (TPSA) is 75.2 Å². The summed E-state index contributed by atoms with van der Waals surface area (Å²) in [5.41, 5.74) is 0. The van der Waals surface area contributed by atoms with E-state index in [9.17, 15) is 9.59 Å². The highest BCUT2D eigenvalue weighted by molar-refractivity contribution is 7.15. The fourth-order valence-corrected chi connectivity index (χ4v) is 3.59. The zero-order valence-electron chi connectivity index (χ0n) is 14.2. The summed E-state index contributed by atoms with van der Waals surface area (Å²) >= 11 is 1.43. The number of aromatic nitrogens is 2. The van der Waals surface area contributed by atoms with Crippen molar-refractivity contribution in [3.05, 3.63) is 5.01 Å². The molecular formula is C16H26N4O2S. The lowest BCUT2D eigenvalue weighted by Gasteiger charge is -2.15. The predicted molar refractivity (Wildman–Crippen MR) is 91.5 cm³/mol. The Labute approximate surface area is 141 Å². The molecule has 2 rings (SSSR count). The molecule has 0 spiro atoms. The van der Waals surface area contributed by atoms with Crippen molar-refractivity contribution in [3.63, 3.8) is 0 Å². The van der Waals surface area contributed by atoms with Crippen LogP contribution in [0.5, 0.6) is 0 Å². The molecule has 1 aromatic rings. The fourth-order valence-electron chi connectivity index (χ4n) is 2.76. The fraction of sp³-hybridized carbons (Fsp3) is 0.750. The minimum absolute atomic E-state index is 0.0770. The van der Waals surface area contributed by atoms with E-state index in [4.69, 9.17) is 0 Å². The number of nitrogens with one attached hydrogen (secondary N) is 1. The highest BCUT2D eigenvalue weighted by Crippen LogP contribution is 2.27. The summed E-state index contributed by atoms with van der Waals surface area (Å²) in [6.45, 7) is 7.62. The van der Waals surface area contributed by atoms with Crippen LogP contribution in [-0.4, -0.2) is 40.0 Å². The number of carbonyl (C=O) groups is 2. The predicted octanol–water partition coefficient (Wildman–Crippen LogP) is 3.03. The molecule has 0 saturated carbocycles. The van der Waals surface area contributed by atoms with Crippen LogP contribution in [0.4, 0.5) is 5.13 Å². The van der Waals surface area contributed by atoms with Gasteiger partial charge in [-0.05, 0) is 12.8 Å². The second-order valence-corrected chi connectivity index (χ2v) is 7.23. The molecule has 0 radical (unpaired) electrons. The summed E-state index contributed by atoms with van der Waals surface area (Å²) in [6.07, 6.45) is 4.49. The van der Waals surface area contributed by atoms with Gasteiger partial charge < -0.3 is 10.2 Å². The Kier molecular flexibility index (Phi) is 6.50. The highest BCUT2D eigenvalue weighted by Gasteiger charge is 2.34. The van der Waals surface area contributed by atoms with Crippen LogP contribution in [0.15, 0.2) is 0 Å². The van der Waals surface area contributed by atoms with E-state index in [0.29, 0.717) is 24.0 Å². The highest BCUT2D eigenvalue weighted by atomic mass is 32.1. The number of likely N-dealkylation sites (tertiary alicyclic amines) is 1. The number of hydrogen-bond acceptors (Lipinski definition) is 5. The van der Waals surface area contributed by atoms with Crippen LogP contribution in [0, 0.1) is 5.92 Å². The molecule has 2 heterocycles. The van der Waals surface area contributed by atoms with Crippen LogP contribution in [0.2, 0.25) is 0 Å². The Balaban J connectivity index is 1.89. The van der Waals surface area contributed by atoms with E-state index in [-0.39, 0.29) is 17.7 Å². The third kappa shape index (κ3) is 4.73. The van der Waals surface area contributed by atoms with E-state index < -0.39 is 0 Å². The van der Waals surface area contributed by atoms with Crippen LogP contribution in [-0.2, 0) is 9.59 Å². The first-order valence-corrected chi connectivity index (χ1v) is 9.28. The maximum atomic E-state index is 12.3. The van der Waals surface area contributed by atoms with Crippen molar-refractivity contribution in [2.75, 3.05) is 18.4 Å². The summed E-state index contributed by atoms with van der Waals surface area (Å²) in [7, 11) is 0. The molecule has 0 aromatic carbocycles. The number of anilines is 1. The average molecular weight is 338 g/mol. The van der Waals surface area contributed by atoms with E-state index >= 15 is 0 Å². The first-order valence-electron chi connectivity index (χ1n) is 8.47. The molecule has 0 bridgehead atoms. The summed E-state index contributed by atoms with van der Waals surface area (Å²) in [5, 5.41) is 12.5. The number of rotatable bonds is 8. The first kappa shape index (κ1) is 17.8. The molecule has 1 saturated heterocycles. The van der Waals surface area contributed by atoms with Crippen molar-refractivity contribution < 1.29 is 9.59 Å². The lowest BCUT2D eigenvalue weighted by molar-refractivity contribution is -0.128. The summed E-state index contributed by atoms with van der Waals surface area (Å²) < 4.78 is 0. The third-order valence-electron chi connectivity index (χ3n) is 4.18. The van der Waals surface area contributed by atoms with Crippen molar-refractivity contribution in [2.45, 2.75) is 58.8 Å². The molecular weight excluding hydrogens is 312 g/mol. The smallest absolute Gasteiger partial charge is 0.231 e. The molecule has 0 unspecified atom stereocenters. The van der Waals surface area contributed by atoms with Gasteiger partial charge in [-0.15, -0.1) is 10.2 Å². The van der Waals surface area contributed by atoms with Gasteiger partial charge in [-0.25, -0.2) is 0 Å². The Morgan fingerprint density at radius 2 is 2.17 bits per heavy atom. The molecule has 0 aliphatic carbocycles. The minimum atomic E-state index is -0.278. The molecule has 1 aliphatic heterocycles. The quantitative estimate of drug-likeness (QED) is 0.790. The SMILES string of the molecule is CCCCN1C[C@@H](C(=O)Nc2nnc([C@H](C)CCC)s2)CC1=O. The number of unbranched alkanes of at least 4 members (excludes halogenated alkanes) is 1. The van der Waals surface area contributed by atoms with Gasteiger partial charge in [0.25, 0.3) is 0 Å². The number of nitrogens with zero attached hydrogens (tertiary/aromatic N) is 3. The van der Waals surface area contributed by atoms with Crippen molar-refractivity contribution in [2.24, 2.45) is 5.92 Å². The van der Waals surface area contributed by atoms with Gasteiger partial charge in [0.1, 0.15) is 5.01 Å². The summed E-state index contributed by atoms with van der Waals surface area (Å²) in [4.78, 5) is 26.1. The van der Waals surface area contributed by atoms with Crippen LogP contribution in [0.25, 0.3) is 0 Å². The zero-order chi connectivity index (χ0) is 16.8. The maximum Gasteiger partial charge on any atom is 0.231 e. The monoisotopic (exact) mass is 338 g/mol. The van der Waals surface area contributed by atoms with E-state index in [1.165, 1.54) is 11.3 Å². The average Bonchev–Trinajstić information content (AvgIpc) is 3.12. The van der Waals surface area contributed by atoms with E-state index in [2.05, 4.69) is 36.3 Å². The number of amides is 2. The lowest BCUT2D eigenvalue weighted by Crippen LogP contribution is -2.29. The molecule has 128 valence electrons. The van der Waals surface area contributed by atoms with Crippen LogP contribution in [0.3, 0.4) is 0 Å². The summed E-state index contributed by atoms with van der Waals surface area (Å²) in [5.74, 6) is 0.0387. The Morgan fingerprint density at radius 1 is 1.39 bits per heavy atom. The Hall–Kier alpha value is -1.50. The largest absolute Gasteiger partial charge is 0.342 e. The van der Waals surface area contributed by atoms with Crippen molar-refractivity contribution in [3.8, 4) is 0 Å². The van der Waals surface area contributed by atoms with Crippen LogP contribution >= 0.6 is 11.3 Å². The van der Waals surface area contributed by atoms with Crippen molar-refractivity contribution in [1.29, 1.82) is 0 Å². The summed E-state index contributed by atoms with van der Waals surface area (Å²) in [6, 6.07) is 0. The van der Waals surface area contributed by atoms with Crippen LogP contribution in [0.1, 0.15) is 63.8 Å². The number of carbonyl (C=O) groups excluding carboxylic acids is 2. The molecule has 1 fully saturated rings. The van der Waals surface area contributed by atoms with E-state index in [1.54, 1.807) is 4.90 Å². The lowest BCUT2D eigenvalue weighted by atomic mass is 10.1. The minimum Gasteiger partial charge on any atom is -0.342 e.